The molecular formula is C18H27N3O3. The topological polar surface area (TPSA) is 68.5 Å². The lowest BCUT2D eigenvalue weighted by atomic mass is 9.77. The first-order valence-corrected chi connectivity index (χ1v) is 9.35. The minimum absolute atomic E-state index is 0.0436. The average molecular weight is 333 g/mol. The van der Waals surface area contributed by atoms with E-state index in [2.05, 4.69) is 15.0 Å². The van der Waals surface area contributed by atoms with Crippen molar-refractivity contribution in [1.82, 2.24) is 15.0 Å². The zero-order valence-corrected chi connectivity index (χ0v) is 14.5. The highest BCUT2D eigenvalue weighted by molar-refractivity contribution is 5.79. The minimum atomic E-state index is -0.0436. The molecule has 1 saturated carbocycles. The van der Waals surface area contributed by atoms with Crippen molar-refractivity contribution in [2.45, 2.75) is 63.9 Å². The molecule has 1 amide bonds. The monoisotopic (exact) mass is 333 g/mol. The van der Waals surface area contributed by atoms with Gasteiger partial charge in [0.1, 0.15) is 0 Å². The number of likely N-dealkylation sites (tertiary alicyclic amines) is 1. The van der Waals surface area contributed by atoms with Crippen molar-refractivity contribution in [3.63, 3.8) is 0 Å². The molecule has 3 fully saturated rings. The van der Waals surface area contributed by atoms with E-state index in [4.69, 9.17) is 9.26 Å². The lowest BCUT2D eigenvalue weighted by Crippen LogP contribution is -2.52. The van der Waals surface area contributed by atoms with Gasteiger partial charge >= 0.3 is 0 Å². The van der Waals surface area contributed by atoms with Crippen molar-refractivity contribution in [3.05, 3.63) is 11.7 Å². The Morgan fingerprint density at radius 3 is 2.71 bits per heavy atom. The van der Waals surface area contributed by atoms with Crippen LogP contribution in [0.4, 0.5) is 0 Å². The fourth-order valence-electron chi connectivity index (χ4n) is 4.38. The van der Waals surface area contributed by atoms with E-state index in [0.717, 1.165) is 70.5 Å². The summed E-state index contributed by atoms with van der Waals surface area (Å²) in [7, 11) is 0. The molecule has 132 valence electrons. The summed E-state index contributed by atoms with van der Waals surface area (Å²) in [4.78, 5) is 18.8. The molecule has 1 aromatic heterocycles. The van der Waals surface area contributed by atoms with Gasteiger partial charge in [0, 0.05) is 39.0 Å². The Hall–Kier alpha value is -1.43. The van der Waals surface area contributed by atoms with E-state index in [0.29, 0.717) is 23.6 Å². The smallest absolute Gasteiger partial charge is 0.225 e. The van der Waals surface area contributed by atoms with Crippen molar-refractivity contribution in [3.8, 4) is 0 Å². The number of hydrogen-bond acceptors (Lipinski definition) is 5. The molecule has 1 atom stereocenters. The zero-order chi connectivity index (χ0) is 16.6. The Balaban J connectivity index is 1.33. The third kappa shape index (κ3) is 3.21. The number of aryl methyl sites for hydroxylation is 1. The fourth-order valence-corrected chi connectivity index (χ4v) is 4.38. The van der Waals surface area contributed by atoms with Crippen LogP contribution in [0.15, 0.2) is 4.52 Å². The van der Waals surface area contributed by atoms with E-state index >= 15 is 0 Å². The van der Waals surface area contributed by atoms with Gasteiger partial charge in [-0.3, -0.25) is 4.79 Å². The fraction of sp³-hybridized carbons (Fsp3) is 0.833. The van der Waals surface area contributed by atoms with Gasteiger partial charge < -0.3 is 14.2 Å². The Labute approximate surface area is 142 Å². The van der Waals surface area contributed by atoms with E-state index < -0.39 is 0 Å². The van der Waals surface area contributed by atoms with E-state index in [1.165, 1.54) is 6.42 Å². The molecule has 0 aromatic carbocycles. The molecule has 0 N–H and O–H groups in total. The summed E-state index contributed by atoms with van der Waals surface area (Å²) in [5.74, 6) is 2.68. The molecule has 1 aromatic rings. The summed E-state index contributed by atoms with van der Waals surface area (Å²) in [6.45, 7) is 4.33. The van der Waals surface area contributed by atoms with Crippen LogP contribution in [0.5, 0.6) is 0 Å². The third-order valence-electron chi connectivity index (χ3n) is 6.08. The number of rotatable bonds is 3. The summed E-state index contributed by atoms with van der Waals surface area (Å²) < 4.78 is 11.3. The first-order valence-electron chi connectivity index (χ1n) is 9.35. The number of carbonyl (C=O) groups is 1. The predicted octanol–water partition coefficient (Wildman–Crippen LogP) is 2.51. The number of carbonyl (C=O) groups excluding carboxylic acids is 1. The SMILES string of the molecule is Cc1nc(CC2CCOC3(CCN(C(=O)C4CCC4)CC3)C2)no1. The number of hydrogen-bond donors (Lipinski definition) is 0. The summed E-state index contributed by atoms with van der Waals surface area (Å²) in [5, 5.41) is 4.03. The Bertz CT molecular complexity index is 588. The van der Waals surface area contributed by atoms with Crippen LogP contribution in [0, 0.1) is 18.8 Å². The van der Waals surface area contributed by atoms with Crippen LogP contribution in [0.25, 0.3) is 0 Å². The van der Waals surface area contributed by atoms with Gasteiger partial charge in [-0.15, -0.1) is 0 Å². The number of piperidine rings is 1. The van der Waals surface area contributed by atoms with Gasteiger partial charge in [-0.05, 0) is 44.4 Å². The van der Waals surface area contributed by atoms with Crippen molar-refractivity contribution in [2.75, 3.05) is 19.7 Å². The van der Waals surface area contributed by atoms with Gasteiger partial charge in [0.2, 0.25) is 11.8 Å². The van der Waals surface area contributed by atoms with E-state index in [-0.39, 0.29) is 5.60 Å². The highest BCUT2D eigenvalue weighted by atomic mass is 16.5. The summed E-state index contributed by atoms with van der Waals surface area (Å²) in [5.41, 5.74) is -0.0436. The lowest BCUT2D eigenvalue weighted by Gasteiger charge is -2.47. The molecule has 3 heterocycles. The van der Waals surface area contributed by atoms with Crippen LogP contribution in [-0.4, -0.2) is 46.2 Å². The highest BCUT2D eigenvalue weighted by Crippen LogP contribution is 2.39. The molecule has 3 aliphatic rings. The highest BCUT2D eigenvalue weighted by Gasteiger charge is 2.42. The average Bonchev–Trinajstić information content (AvgIpc) is 2.91. The zero-order valence-electron chi connectivity index (χ0n) is 14.5. The Morgan fingerprint density at radius 1 is 1.29 bits per heavy atom. The molecule has 1 unspecified atom stereocenters. The largest absolute Gasteiger partial charge is 0.375 e. The van der Waals surface area contributed by atoms with E-state index in [1.807, 2.05) is 6.92 Å². The van der Waals surface area contributed by atoms with Gasteiger partial charge in [-0.1, -0.05) is 11.6 Å². The normalized spacial score (nSPS) is 27.2. The molecule has 1 spiro atoms. The molecule has 24 heavy (non-hydrogen) atoms. The molecule has 1 aliphatic carbocycles. The van der Waals surface area contributed by atoms with Crippen LogP contribution in [0.2, 0.25) is 0 Å². The Kier molecular flexibility index (Phi) is 4.33. The molecule has 2 saturated heterocycles. The van der Waals surface area contributed by atoms with Crippen molar-refractivity contribution in [2.24, 2.45) is 11.8 Å². The van der Waals surface area contributed by atoms with Crippen molar-refractivity contribution >= 4 is 5.91 Å². The van der Waals surface area contributed by atoms with Crippen LogP contribution >= 0.6 is 0 Å². The van der Waals surface area contributed by atoms with Gasteiger partial charge in [0.05, 0.1) is 5.60 Å². The van der Waals surface area contributed by atoms with Crippen molar-refractivity contribution in [1.29, 1.82) is 0 Å². The lowest BCUT2D eigenvalue weighted by molar-refractivity contribution is -0.152. The van der Waals surface area contributed by atoms with Crippen LogP contribution < -0.4 is 0 Å². The first kappa shape index (κ1) is 16.1. The number of nitrogens with zero attached hydrogens (tertiary/aromatic N) is 3. The van der Waals surface area contributed by atoms with Crippen LogP contribution in [-0.2, 0) is 16.0 Å². The number of ether oxygens (including phenoxy) is 1. The molecule has 6 nitrogen and oxygen atoms in total. The standard InChI is InChI=1S/C18H27N3O3/c1-13-19-16(20-24-13)11-14-5-10-23-18(12-14)6-8-21(9-7-18)17(22)15-3-2-4-15/h14-15H,2-12H2,1H3. The Morgan fingerprint density at radius 2 is 2.08 bits per heavy atom. The molecule has 6 heteroatoms. The van der Waals surface area contributed by atoms with E-state index in [9.17, 15) is 4.79 Å². The molecule has 0 bridgehead atoms. The second kappa shape index (κ2) is 6.47. The predicted molar refractivity (Wildman–Crippen MR) is 87.3 cm³/mol. The first-order chi connectivity index (χ1) is 11.6. The maximum absolute atomic E-state index is 12.4. The second-order valence-corrected chi connectivity index (χ2v) is 7.78. The van der Waals surface area contributed by atoms with E-state index in [1.54, 1.807) is 0 Å². The minimum Gasteiger partial charge on any atom is -0.375 e. The van der Waals surface area contributed by atoms with Crippen molar-refractivity contribution < 1.29 is 14.1 Å². The summed E-state index contributed by atoms with van der Waals surface area (Å²) in [6.07, 6.45) is 8.29. The van der Waals surface area contributed by atoms with Gasteiger partial charge in [0.25, 0.3) is 0 Å². The quantitative estimate of drug-likeness (QED) is 0.850. The van der Waals surface area contributed by atoms with Gasteiger partial charge in [-0.25, -0.2) is 0 Å². The molecule has 2 aliphatic heterocycles. The molecule has 4 rings (SSSR count). The van der Waals surface area contributed by atoms with Gasteiger partial charge in [0.15, 0.2) is 5.82 Å². The van der Waals surface area contributed by atoms with Crippen LogP contribution in [0.3, 0.4) is 0 Å². The summed E-state index contributed by atoms with van der Waals surface area (Å²) in [6, 6.07) is 0. The number of amides is 1. The van der Waals surface area contributed by atoms with Crippen LogP contribution in [0.1, 0.15) is 56.7 Å². The second-order valence-electron chi connectivity index (χ2n) is 7.78. The number of aromatic nitrogens is 2. The third-order valence-corrected chi connectivity index (χ3v) is 6.08. The molecular weight excluding hydrogens is 306 g/mol. The maximum Gasteiger partial charge on any atom is 0.225 e. The maximum atomic E-state index is 12.4. The summed E-state index contributed by atoms with van der Waals surface area (Å²) >= 11 is 0. The molecule has 0 radical (unpaired) electrons. The van der Waals surface area contributed by atoms with Gasteiger partial charge in [-0.2, -0.15) is 4.98 Å².